The van der Waals surface area contributed by atoms with E-state index in [0.29, 0.717) is 12.5 Å². The Morgan fingerprint density at radius 1 is 1.43 bits per heavy atom. The van der Waals surface area contributed by atoms with Crippen molar-refractivity contribution < 1.29 is 8.42 Å². The maximum atomic E-state index is 12.2. The quantitative estimate of drug-likeness (QED) is 0.762. The average Bonchev–Trinajstić information content (AvgIpc) is 2.98. The van der Waals surface area contributed by atoms with Crippen LogP contribution in [0, 0.1) is 0 Å². The molecule has 1 aliphatic carbocycles. The van der Waals surface area contributed by atoms with Gasteiger partial charge in [0.1, 0.15) is 0 Å². The number of likely N-dealkylation sites (N-methyl/N-ethyl adjacent to an activating group) is 1. The summed E-state index contributed by atoms with van der Waals surface area (Å²) in [6, 6.07) is 0. The highest BCUT2D eigenvalue weighted by atomic mass is 32.2. The predicted octanol–water partition coefficient (Wildman–Crippen LogP) is 0.294. The standard InChI is InChI=1S/C14H28N4O2S/c1-4-17(5-2)9-10-18-13(15)16-11-14(18)8-6-7-12(14)21(3,19)20/h12H,4-11H2,1-3H3,(H2,15,16). The highest BCUT2D eigenvalue weighted by Gasteiger charge is 2.54. The van der Waals surface area contributed by atoms with Gasteiger partial charge in [0.05, 0.1) is 17.3 Å². The molecule has 6 nitrogen and oxygen atoms in total. The Morgan fingerprint density at radius 3 is 2.67 bits per heavy atom. The number of aliphatic imine (C=N–C) groups is 1. The first-order valence-electron chi connectivity index (χ1n) is 7.84. The summed E-state index contributed by atoms with van der Waals surface area (Å²) in [7, 11) is -3.08. The number of guanidine groups is 1. The van der Waals surface area contributed by atoms with Crippen molar-refractivity contribution in [1.29, 1.82) is 0 Å². The summed E-state index contributed by atoms with van der Waals surface area (Å²) in [6.45, 7) is 8.41. The van der Waals surface area contributed by atoms with Crippen molar-refractivity contribution in [3.63, 3.8) is 0 Å². The summed E-state index contributed by atoms with van der Waals surface area (Å²) in [5.74, 6) is 0.512. The maximum absolute atomic E-state index is 12.2. The fourth-order valence-corrected chi connectivity index (χ4v) is 5.57. The van der Waals surface area contributed by atoms with Crippen LogP contribution in [0.5, 0.6) is 0 Å². The fraction of sp³-hybridized carbons (Fsp3) is 0.929. The fourth-order valence-electron chi connectivity index (χ4n) is 3.86. The molecule has 1 heterocycles. The molecular formula is C14H28N4O2S. The Labute approximate surface area is 128 Å². The first-order chi connectivity index (χ1) is 9.85. The summed E-state index contributed by atoms with van der Waals surface area (Å²) in [5, 5.41) is -0.341. The van der Waals surface area contributed by atoms with Crippen LogP contribution in [0.4, 0.5) is 0 Å². The molecule has 0 aromatic rings. The van der Waals surface area contributed by atoms with E-state index >= 15 is 0 Å². The number of nitrogens with two attached hydrogens (primary N) is 1. The van der Waals surface area contributed by atoms with Crippen molar-refractivity contribution in [2.45, 2.75) is 43.9 Å². The van der Waals surface area contributed by atoms with Crippen molar-refractivity contribution in [3.05, 3.63) is 0 Å². The van der Waals surface area contributed by atoms with E-state index in [2.05, 4.69) is 28.6 Å². The molecule has 2 unspecified atom stereocenters. The summed E-state index contributed by atoms with van der Waals surface area (Å²) in [4.78, 5) is 8.78. The van der Waals surface area contributed by atoms with E-state index in [9.17, 15) is 8.42 Å². The second kappa shape index (κ2) is 6.12. The molecule has 2 atom stereocenters. The molecule has 2 aliphatic rings. The minimum absolute atomic E-state index is 0.341. The minimum atomic E-state index is -3.08. The summed E-state index contributed by atoms with van der Waals surface area (Å²) >= 11 is 0. The van der Waals surface area contributed by atoms with E-state index in [0.717, 1.165) is 45.4 Å². The summed E-state index contributed by atoms with van der Waals surface area (Å²) in [6.07, 6.45) is 3.88. The molecule has 0 aromatic carbocycles. The van der Waals surface area contributed by atoms with Crippen LogP contribution >= 0.6 is 0 Å². The van der Waals surface area contributed by atoms with Crippen LogP contribution in [-0.4, -0.2) is 73.9 Å². The van der Waals surface area contributed by atoms with Crippen LogP contribution in [0.2, 0.25) is 0 Å². The third-order valence-corrected chi connectivity index (χ3v) is 6.76. The van der Waals surface area contributed by atoms with Gasteiger partial charge in [0, 0.05) is 19.3 Å². The van der Waals surface area contributed by atoms with E-state index in [1.165, 1.54) is 6.26 Å². The van der Waals surface area contributed by atoms with Crippen LogP contribution in [0.3, 0.4) is 0 Å². The van der Waals surface area contributed by atoms with Crippen LogP contribution < -0.4 is 5.73 Å². The molecule has 2 N–H and O–H groups in total. The Bertz CT molecular complexity index is 501. The van der Waals surface area contributed by atoms with Gasteiger partial charge in [0.15, 0.2) is 15.8 Å². The topological polar surface area (TPSA) is 79.0 Å². The lowest BCUT2D eigenvalue weighted by Gasteiger charge is -2.40. The normalized spacial score (nSPS) is 29.6. The third kappa shape index (κ3) is 3.04. The molecule has 0 saturated heterocycles. The smallest absolute Gasteiger partial charge is 0.191 e. The molecule has 21 heavy (non-hydrogen) atoms. The van der Waals surface area contributed by atoms with Gasteiger partial charge in [-0.3, -0.25) is 4.99 Å². The number of sulfone groups is 1. The zero-order chi connectivity index (χ0) is 15.7. The molecule has 0 amide bonds. The van der Waals surface area contributed by atoms with Gasteiger partial charge in [-0.1, -0.05) is 13.8 Å². The first-order valence-corrected chi connectivity index (χ1v) is 9.79. The largest absolute Gasteiger partial charge is 0.370 e. The molecule has 1 saturated carbocycles. The molecule has 0 aromatic heterocycles. The minimum Gasteiger partial charge on any atom is -0.370 e. The lowest BCUT2D eigenvalue weighted by Crippen LogP contribution is -2.59. The van der Waals surface area contributed by atoms with Gasteiger partial charge in [0.25, 0.3) is 0 Å². The van der Waals surface area contributed by atoms with Crippen molar-refractivity contribution in [2.75, 3.05) is 39.0 Å². The lowest BCUT2D eigenvalue weighted by atomic mass is 9.96. The van der Waals surface area contributed by atoms with Crippen molar-refractivity contribution in [3.8, 4) is 0 Å². The SMILES string of the molecule is CCN(CC)CCN1C(N)=NCC12CCCC2S(C)(=O)=O. The highest BCUT2D eigenvalue weighted by Crippen LogP contribution is 2.42. The van der Waals surface area contributed by atoms with Gasteiger partial charge in [-0.25, -0.2) is 8.42 Å². The highest BCUT2D eigenvalue weighted by molar-refractivity contribution is 7.91. The van der Waals surface area contributed by atoms with Gasteiger partial charge in [0.2, 0.25) is 0 Å². The zero-order valence-corrected chi connectivity index (χ0v) is 14.2. The molecule has 0 radical (unpaired) electrons. The number of hydrogen-bond acceptors (Lipinski definition) is 6. The van der Waals surface area contributed by atoms with Crippen LogP contribution in [0.15, 0.2) is 4.99 Å². The first kappa shape index (κ1) is 16.5. The molecule has 122 valence electrons. The Balaban J connectivity index is 2.19. The van der Waals surface area contributed by atoms with E-state index in [1.807, 2.05) is 0 Å². The van der Waals surface area contributed by atoms with Crippen LogP contribution in [0.25, 0.3) is 0 Å². The molecule has 1 spiro atoms. The predicted molar refractivity (Wildman–Crippen MR) is 86.2 cm³/mol. The van der Waals surface area contributed by atoms with Gasteiger partial charge in [-0.15, -0.1) is 0 Å². The molecular weight excluding hydrogens is 288 g/mol. The molecule has 1 fully saturated rings. The van der Waals surface area contributed by atoms with E-state index in [1.54, 1.807) is 0 Å². The van der Waals surface area contributed by atoms with Crippen LogP contribution in [-0.2, 0) is 9.84 Å². The second-order valence-electron chi connectivity index (χ2n) is 6.17. The summed E-state index contributed by atoms with van der Waals surface area (Å²) < 4.78 is 24.3. The van der Waals surface area contributed by atoms with Gasteiger partial charge in [-0.2, -0.15) is 0 Å². The molecule has 1 aliphatic heterocycles. The number of hydrogen-bond donors (Lipinski definition) is 1. The zero-order valence-electron chi connectivity index (χ0n) is 13.4. The monoisotopic (exact) mass is 316 g/mol. The third-order valence-electron chi connectivity index (χ3n) is 5.06. The van der Waals surface area contributed by atoms with Crippen molar-refractivity contribution >= 4 is 15.8 Å². The number of rotatable bonds is 6. The molecule has 2 rings (SSSR count). The van der Waals surface area contributed by atoms with Gasteiger partial charge < -0.3 is 15.5 Å². The summed E-state index contributed by atoms with van der Waals surface area (Å²) in [5.41, 5.74) is 5.67. The van der Waals surface area contributed by atoms with E-state index < -0.39 is 15.4 Å². The average molecular weight is 316 g/mol. The van der Waals surface area contributed by atoms with Crippen molar-refractivity contribution in [1.82, 2.24) is 9.80 Å². The number of nitrogens with zero attached hydrogens (tertiary/aromatic N) is 3. The Hall–Kier alpha value is -0.820. The van der Waals surface area contributed by atoms with Crippen LogP contribution in [0.1, 0.15) is 33.1 Å². The molecule has 0 bridgehead atoms. The van der Waals surface area contributed by atoms with Gasteiger partial charge >= 0.3 is 0 Å². The van der Waals surface area contributed by atoms with E-state index in [4.69, 9.17) is 5.73 Å². The van der Waals surface area contributed by atoms with E-state index in [-0.39, 0.29) is 5.25 Å². The maximum Gasteiger partial charge on any atom is 0.191 e. The molecule has 7 heteroatoms. The second-order valence-corrected chi connectivity index (χ2v) is 8.40. The van der Waals surface area contributed by atoms with Gasteiger partial charge in [-0.05, 0) is 32.4 Å². The Kier molecular flexibility index (Phi) is 4.82. The van der Waals surface area contributed by atoms with Crippen molar-refractivity contribution in [2.24, 2.45) is 10.7 Å². The lowest BCUT2D eigenvalue weighted by molar-refractivity contribution is 0.178. The Morgan fingerprint density at radius 2 is 2.10 bits per heavy atom.